The Morgan fingerprint density at radius 3 is 2.33 bits per heavy atom. The molecule has 4 aliphatic rings. The predicted molar refractivity (Wildman–Crippen MR) is 241 cm³/mol. The van der Waals surface area contributed by atoms with Gasteiger partial charge in [0, 0.05) is 55.4 Å². The van der Waals surface area contributed by atoms with E-state index < -0.39 is 79.4 Å². The Bertz CT molecular complexity index is 2430. The lowest BCUT2D eigenvalue weighted by Crippen LogP contribution is -2.49. The molecule has 2 N–H and O–H groups in total. The predicted octanol–water partition coefficient (Wildman–Crippen LogP) is 6.20. The minimum Gasteiger partial charge on any atom is -0.497 e. The molecule has 1 aromatic heterocycles. The van der Waals surface area contributed by atoms with Gasteiger partial charge in [-0.3, -0.25) is 23.9 Å². The van der Waals surface area contributed by atoms with Gasteiger partial charge in [0.2, 0.25) is 27.7 Å². The molecule has 64 heavy (non-hydrogen) atoms. The van der Waals surface area contributed by atoms with Gasteiger partial charge >= 0.3 is 6.09 Å². The number of ether oxygens (including phenoxy) is 3. The number of alkyl carbamates (subject to hydrolysis) is 1. The summed E-state index contributed by atoms with van der Waals surface area (Å²) in [5.41, 5.74) is -0.642. The van der Waals surface area contributed by atoms with Gasteiger partial charge in [-0.2, -0.15) is 0 Å². The van der Waals surface area contributed by atoms with Crippen molar-refractivity contribution >= 4 is 50.5 Å². The van der Waals surface area contributed by atoms with Crippen LogP contribution in [0.4, 0.5) is 4.79 Å². The van der Waals surface area contributed by atoms with E-state index in [2.05, 4.69) is 16.6 Å². The van der Waals surface area contributed by atoms with Gasteiger partial charge in [-0.25, -0.2) is 18.2 Å². The molecular weight excluding hydrogens is 839 g/mol. The van der Waals surface area contributed by atoms with Gasteiger partial charge in [0.1, 0.15) is 23.2 Å². The summed E-state index contributed by atoms with van der Waals surface area (Å²) in [5.74, 6) is -2.04. The number of carbonyl (C=O) groups excluding carboxylic acids is 5. The Hall–Kier alpha value is -5.51. The number of amides is 4. The van der Waals surface area contributed by atoms with Crippen LogP contribution in [-0.4, -0.2) is 109 Å². The van der Waals surface area contributed by atoms with Gasteiger partial charge < -0.3 is 29.3 Å². The number of nitrogens with zero attached hydrogens (tertiary/aromatic N) is 3. The number of hydrogen-bond donors (Lipinski definition) is 2. The fourth-order valence-electron chi connectivity index (χ4n) is 8.92. The Kier molecular flexibility index (Phi) is 12.9. The van der Waals surface area contributed by atoms with Crippen molar-refractivity contribution in [2.75, 3.05) is 26.7 Å². The second-order valence-corrected chi connectivity index (χ2v) is 21.8. The lowest BCUT2D eigenvalue weighted by molar-refractivity contribution is -0.148. The van der Waals surface area contributed by atoms with Crippen molar-refractivity contribution in [3.05, 3.63) is 67.3 Å². The summed E-state index contributed by atoms with van der Waals surface area (Å²) in [5, 5.41) is 2.90. The molecule has 344 valence electrons. The van der Waals surface area contributed by atoms with E-state index in [0.717, 1.165) is 5.56 Å². The average Bonchev–Trinajstić information content (AvgIpc) is 4.12. The van der Waals surface area contributed by atoms with Crippen LogP contribution in [0, 0.1) is 22.7 Å². The number of rotatable bonds is 15. The summed E-state index contributed by atoms with van der Waals surface area (Å²) in [7, 11) is -2.33. The highest BCUT2D eigenvalue weighted by Gasteiger charge is 2.61. The molecule has 0 radical (unpaired) electrons. The van der Waals surface area contributed by atoms with Crippen molar-refractivity contribution in [3.8, 4) is 22.8 Å². The minimum atomic E-state index is -3.90. The number of methoxy groups -OCH3 is 1. The highest BCUT2D eigenvalue weighted by Crippen LogP contribution is 2.57. The second kappa shape index (κ2) is 17.8. The van der Waals surface area contributed by atoms with E-state index in [0.29, 0.717) is 53.9 Å². The topological polar surface area (TPSA) is 191 Å². The Labute approximate surface area is 375 Å². The van der Waals surface area contributed by atoms with Gasteiger partial charge in [0.25, 0.3) is 0 Å². The minimum absolute atomic E-state index is 0.00237. The fourth-order valence-corrected chi connectivity index (χ4v) is 10.3. The number of pyridine rings is 1. The molecule has 4 fully saturated rings. The number of benzene rings is 2. The summed E-state index contributed by atoms with van der Waals surface area (Å²) in [6.07, 6.45) is 1.61. The number of Topliss-reactive ketones (excluding diaryl/α,β-unsaturated/α-hetero) is 1. The van der Waals surface area contributed by atoms with E-state index >= 15 is 4.79 Å². The van der Waals surface area contributed by atoms with Crippen molar-refractivity contribution < 1.29 is 46.6 Å². The molecule has 3 aromatic rings. The van der Waals surface area contributed by atoms with Gasteiger partial charge in [0.05, 0.1) is 53.5 Å². The van der Waals surface area contributed by atoms with E-state index in [1.54, 1.807) is 44.9 Å². The number of nitrogens with one attached hydrogen (secondary N) is 2. The van der Waals surface area contributed by atoms with Crippen LogP contribution in [0.2, 0.25) is 0 Å². The van der Waals surface area contributed by atoms with Crippen LogP contribution in [0.3, 0.4) is 0 Å². The van der Waals surface area contributed by atoms with Crippen molar-refractivity contribution in [3.63, 3.8) is 0 Å². The van der Waals surface area contributed by atoms with Crippen LogP contribution < -0.4 is 19.5 Å². The number of aromatic nitrogens is 1. The molecule has 7 rings (SSSR count). The second-order valence-electron chi connectivity index (χ2n) is 19.9. The van der Waals surface area contributed by atoms with E-state index in [1.165, 1.54) is 4.90 Å². The fraction of sp³-hybridized carbons (Fsp3) is 0.542. The smallest absolute Gasteiger partial charge is 0.407 e. The maximum Gasteiger partial charge on any atom is 0.407 e. The third-order valence-electron chi connectivity index (χ3n) is 12.8. The zero-order valence-electron chi connectivity index (χ0n) is 37.8. The molecule has 2 aliphatic heterocycles. The first-order chi connectivity index (χ1) is 30.1. The molecule has 0 unspecified atom stereocenters. The van der Waals surface area contributed by atoms with Gasteiger partial charge in [-0.1, -0.05) is 57.2 Å². The van der Waals surface area contributed by atoms with Crippen LogP contribution in [-0.2, 0) is 33.9 Å². The lowest BCUT2D eigenvalue weighted by atomic mass is 9.77. The molecule has 3 heterocycles. The molecule has 2 saturated heterocycles. The van der Waals surface area contributed by atoms with Gasteiger partial charge in [0.15, 0.2) is 5.78 Å². The van der Waals surface area contributed by atoms with Crippen molar-refractivity contribution in [1.82, 2.24) is 24.8 Å². The van der Waals surface area contributed by atoms with Crippen LogP contribution >= 0.6 is 0 Å². The van der Waals surface area contributed by atoms with E-state index in [-0.39, 0.29) is 50.7 Å². The summed E-state index contributed by atoms with van der Waals surface area (Å²) in [6.45, 7) is 15.4. The molecule has 16 heteroatoms. The van der Waals surface area contributed by atoms with E-state index in [1.807, 2.05) is 69.3 Å². The maximum atomic E-state index is 15.1. The van der Waals surface area contributed by atoms with E-state index in [9.17, 15) is 27.6 Å². The number of likely N-dealkylation sites (tertiary alicyclic amines) is 2. The first-order valence-electron chi connectivity index (χ1n) is 22.1. The zero-order chi connectivity index (χ0) is 46.4. The summed E-state index contributed by atoms with van der Waals surface area (Å²) < 4.78 is 45.8. The number of hydrogen-bond acceptors (Lipinski definition) is 11. The molecule has 2 saturated carbocycles. The zero-order valence-corrected chi connectivity index (χ0v) is 38.7. The van der Waals surface area contributed by atoms with Crippen molar-refractivity contribution in [2.24, 2.45) is 22.7 Å². The largest absolute Gasteiger partial charge is 0.497 e. The Morgan fingerprint density at radius 1 is 0.984 bits per heavy atom. The Balaban J connectivity index is 1.17. The number of sulfonamides is 1. The maximum absolute atomic E-state index is 15.1. The molecular formula is C48H61N5O10S. The van der Waals surface area contributed by atoms with Gasteiger partial charge in [-0.05, 0) is 69.9 Å². The average molecular weight is 900 g/mol. The van der Waals surface area contributed by atoms with Crippen LogP contribution in [0.25, 0.3) is 22.2 Å². The van der Waals surface area contributed by atoms with Crippen molar-refractivity contribution in [2.45, 2.75) is 116 Å². The van der Waals surface area contributed by atoms with Crippen molar-refractivity contribution in [1.29, 1.82) is 0 Å². The monoisotopic (exact) mass is 899 g/mol. The molecule has 0 spiro atoms. The third-order valence-corrected chi connectivity index (χ3v) is 14.6. The summed E-state index contributed by atoms with van der Waals surface area (Å²) in [6, 6.07) is 15.5. The summed E-state index contributed by atoms with van der Waals surface area (Å²) in [4.78, 5) is 78.2. The Morgan fingerprint density at radius 2 is 1.70 bits per heavy atom. The normalized spacial score (nSPS) is 23.9. The van der Waals surface area contributed by atoms with Gasteiger partial charge in [-0.15, -0.1) is 6.58 Å². The number of carbonyl (C=O) groups is 5. The molecule has 6 atom stereocenters. The third kappa shape index (κ3) is 10.4. The quantitative estimate of drug-likeness (QED) is 0.165. The molecule has 2 aromatic carbocycles. The molecule has 2 aliphatic carbocycles. The van der Waals surface area contributed by atoms with Crippen LogP contribution in [0.1, 0.15) is 86.5 Å². The lowest BCUT2D eigenvalue weighted by Gasteiger charge is -2.35. The highest BCUT2D eigenvalue weighted by atomic mass is 32.2. The first kappa shape index (κ1) is 46.5. The highest BCUT2D eigenvalue weighted by molar-refractivity contribution is 7.90. The first-order valence-corrected chi connectivity index (χ1v) is 23.7. The standard InChI is InChI=1S/C48H61N5O10S/c1-9-30-25-48(30,44(57)51-64(59,60)34-16-17-34)26-40(54)39-22-33(62-41-24-37(29-13-11-10-12-14-29)50-38-21-32(61-8)15-18-35(38)41)28-53(39)43(56)36(46(2,3)4)23-42(55)52-20-19-31(27-52)49-45(58)63-47(5,6)7/h9-15,18,21,24,30-31,33-34,36,39H,1,16-17,19-20,22-23,25-28H2,2-8H3,(H,49,58)(H,51,57)/t30-,31-,33-,36-,39+,48-/m1/s1. The summed E-state index contributed by atoms with van der Waals surface area (Å²) >= 11 is 0. The molecule has 4 amide bonds. The number of ketones is 1. The molecule has 15 nitrogen and oxygen atoms in total. The number of allylic oxidation sites excluding steroid dienone is 1. The van der Waals surface area contributed by atoms with Crippen LogP contribution in [0.15, 0.2) is 67.3 Å². The molecule has 0 bridgehead atoms. The number of fused-ring (bicyclic) bond motifs is 1. The van der Waals surface area contributed by atoms with Crippen LogP contribution in [0.5, 0.6) is 11.5 Å². The SMILES string of the molecule is C=C[C@@H]1C[C@]1(CC(=O)[C@@H]1C[C@@H](Oc2cc(-c3ccccc3)nc3cc(OC)ccc23)CN1C(=O)[C@@H](CC(=O)N1CC[C@@H](NC(=O)OC(C)(C)C)C1)C(C)(C)C)C(=O)NS(=O)(=O)C1CC1. The van der Waals surface area contributed by atoms with E-state index in [4.69, 9.17) is 19.2 Å².